The van der Waals surface area contributed by atoms with E-state index in [2.05, 4.69) is 35.2 Å². The van der Waals surface area contributed by atoms with Crippen LogP contribution in [0.5, 0.6) is 11.5 Å². The van der Waals surface area contributed by atoms with Crippen molar-refractivity contribution in [3.05, 3.63) is 59.7 Å². The van der Waals surface area contributed by atoms with Crippen LogP contribution in [0.15, 0.2) is 48.5 Å². The summed E-state index contributed by atoms with van der Waals surface area (Å²) in [7, 11) is 0. The first-order valence-corrected chi connectivity index (χ1v) is 10.7. The maximum Gasteiger partial charge on any atom is 0.261 e. The lowest BCUT2D eigenvalue weighted by molar-refractivity contribution is -0.0512. The van der Waals surface area contributed by atoms with Gasteiger partial charge in [0, 0.05) is 31.7 Å². The van der Waals surface area contributed by atoms with Crippen molar-refractivity contribution in [1.82, 2.24) is 9.80 Å². The molecule has 5 heteroatoms. The fourth-order valence-corrected chi connectivity index (χ4v) is 5.91. The number of hydrogen-bond donors (Lipinski definition) is 2. The maximum absolute atomic E-state index is 13.1. The van der Waals surface area contributed by atoms with Crippen LogP contribution in [-0.2, 0) is 0 Å². The molecule has 5 rings (SSSR count). The van der Waals surface area contributed by atoms with Crippen molar-refractivity contribution in [3.8, 4) is 11.5 Å². The zero-order chi connectivity index (χ0) is 20.0. The van der Waals surface area contributed by atoms with Gasteiger partial charge in [-0.3, -0.25) is 9.69 Å². The van der Waals surface area contributed by atoms with E-state index in [4.69, 9.17) is 0 Å². The number of hydrogen-bond acceptors (Lipinski definition) is 4. The summed E-state index contributed by atoms with van der Waals surface area (Å²) >= 11 is 0. The van der Waals surface area contributed by atoms with Gasteiger partial charge in [0.15, 0.2) is 0 Å². The van der Waals surface area contributed by atoms with Crippen LogP contribution < -0.4 is 0 Å². The Morgan fingerprint density at radius 1 is 0.897 bits per heavy atom. The van der Waals surface area contributed by atoms with Gasteiger partial charge in [-0.15, -0.1) is 0 Å². The molecule has 152 valence electrons. The minimum Gasteiger partial charge on any atom is -0.507 e. The third kappa shape index (κ3) is 3.27. The van der Waals surface area contributed by atoms with Crippen molar-refractivity contribution in [2.45, 2.75) is 37.8 Å². The predicted molar refractivity (Wildman–Crippen MR) is 111 cm³/mol. The molecule has 2 bridgehead atoms. The quantitative estimate of drug-likeness (QED) is 0.816. The second-order valence-electron chi connectivity index (χ2n) is 8.86. The molecule has 2 N–H and O–H groups in total. The Hall–Kier alpha value is -2.53. The van der Waals surface area contributed by atoms with Gasteiger partial charge in [0.25, 0.3) is 5.91 Å². The monoisotopic (exact) mass is 392 g/mol. The van der Waals surface area contributed by atoms with Crippen molar-refractivity contribution in [3.63, 3.8) is 0 Å². The summed E-state index contributed by atoms with van der Waals surface area (Å²) in [6.07, 6.45) is 4.77. The molecule has 29 heavy (non-hydrogen) atoms. The molecule has 2 aromatic carbocycles. The molecule has 2 aromatic rings. The minimum atomic E-state index is -0.251. The van der Waals surface area contributed by atoms with Crippen molar-refractivity contribution in [2.75, 3.05) is 19.6 Å². The molecule has 3 saturated heterocycles. The number of carbonyl (C=O) groups is 1. The summed E-state index contributed by atoms with van der Waals surface area (Å²) in [5, 5.41) is 20.3. The van der Waals surface area contributed by atoms with Gasteiger partial charge < -0.3 is 15.1 Å². The van der Waals surface area contributed by atoms with Crippen LogP contribution in [-0.4, -0.2) is 51.6 Å². The first-order chi connectivity index (χ1) is 14.1. The number of likely N-dealkylation sites (tertiary alicyclic amines) is 1. The number of fused-ring (bicyclic) bond motifs is 4. The second kappa shape index (κ2) is 7.38. The van der Waals surface area contributed by atoms with Gasteiger partial charge in [-0.2, -0.15) is 0 Å². The number of aromatic hydroxyl groups is 2. The smallest absolute Gasteiger partial charge is 0.261 e. The Labute approximate surface area is 171 Å². The molecule has 0 unspecified atom stereocenters. The third-order valence-corrected chi connectivity index (χ3v) is 7.09. The highest BCUT2D eigenvalue weighted by Crippen LogP contribution is 2.44. The van der Waals surface area contributed by atoms with Gasteiger partial charge in [-0.1, -0.05) is 36.4 Å². The minimum absolute atomic E-state index is 0.0372. The van der Waals surface area contributed by atoms with Crippen molar-refractivity contribution in [1.29, 1.82) is 0 Å². The van der Waals surface area contributed by atoms with Crippen molar-refractivity contribution < 1.29 is 15.0 Å². The zero-order valence-corrected chi connectivity index (χ0v) is 16.6. The highest BCUT2D eigenvalue weighted by atomic mass is 16.3. The lowest BCUT2D eigenvalue weighted by Gasteiger charge is -2.55. The van der Waals surface area contributed by atoms with Crippen LogP contribution in [0.3, 0.4) is 0 Å². The Kier molecular flexibility index (Phi) is 4.70. The highest BCUT2D eigenvalue weighted by Gasteiger charge is 2.46. The van der Waals surface area contributed by atoms with Gasteiger partial charge in [-0.25, -0.2) is 0 Å². The molecule has 0 spiro atoms. The summed E-state index contributed by atoms with van der Waals surface area (Å²) in [4.78, 5) is 17.7. The molecule has 0 aliphatic carbocycles. The van der Waals surface area contributed by atoms with E-state index in [1.807, 2.05) is 4.90 Å². The topological polar surface area (TPSA) is 64.0 Å². The average Bonchev–Trinajstić information content (AvgIpc) is 2.73. The van der Waals surface area contributed by atoms with E-state index in [1.54, 1.807) is 6.07 Å². The summed E-state index contributed by atoms with van der Waals surface area (Å²) in [5.74, 6) is 0.347. The molecule has 4 atom stereocenters. The Balaban J connectivity index is 1.38. The standard InChI is InChI=1S/C24H28N2O3/c27-21-10-5-11-22(28)23(21)24(29)25-13-16-12-18(15-25)20-9-4-8-19(26(20)14-16)17-6-2-1-3-7-17/h1-3,5-7,10-11,16,18-20,27-28H,4,8-9,12-15H2/t16-,18+,19+,20-/m0/s1. The number of benzene rings is 2. The summed E-state index contributed by atoms with van der Waals surface area (Å²) in [5.41, 5.74) is 1.44. The molecule has 1 amide bonds. The fraction of sp³-hybridized carbons (Fsp3) is 0.458. The van der Waals surface area contributed by atoms with E-state index in [9.17, 15) is 15.0 Å². The number of phenols is 2. The molecule has 3 aliphatic rings. The molecule has 3 fully saturated rings. The van der Waals surface area contributed by atoms with E-state index in [1.165, 1.54) is 43.4 Å². The summed E-state index contributed by atoms with van der Waals surface area (Å²) in [6, 6.07) is 16.3. The van der Waals surface area contributed by atoms with Gasteiger partial charge in [0.2, 0.25) is 0 Å². The molecular formula is C24H28N2O3. The van der Waals surface area contributed by atoms with E-state index < -0.39 is 0 Å². The van der Waals surface area contributed by atoms with E-state index >= 15 is 0 Å². The summed E-state index contributed by atoms with van der Waals surface area (Å²) in [6.45, 7) is 2.40. The van der Waals surface area contributed by atoms with E-state index in [0.717, 1.165) is 6.54 Å². The predicted octanol–water partition coefficient (Wildman–Crippen LogP) is 3.79. The van der Waals surface area contributed by atoms with Gasteiger partial charge in [0.05, 0.1) is 0 Å². The van der Waals surface area contributed by atoms with Crippen LogP contribution in [0.1, 0.15) is 47.6 Å². The first-order valence-electron chi connectivity index (χ1n) is 10.7. The lowest BCUT2D eigenvalue weighted by Crippen LogP contribution is -2.60. The van der Waals surface area contributed by atoms with Crippen LogP contribution in [0.4, 0.5) is 0 Å². The number of nitrogens with zero attached hydrogens (tertiary/aromatic N) is 2. The third-order valence-electron chi connectivity index (χ3n) is 7.09. The largest absolute Gasteiger partial charge is 0.507 e. The van der Waals surface area contributed by atoms with Crippen LogP contribution in [0.2, 0.25) is 0 Å². The number of piperidine rings is 3. The average molecular weight is 392 g/mol. The lowest BCUT2D eigenvalue weighted by atomic mass is 9.73. The van der Waals surface area contributed by atoms with Crippen LogP contribution in [0, 0.1) is 11.8 Å². The SMILES string of the molecule is O=C(c1c(O)cccc1O)N1C[C@@H]2C[C@H](C1)[C@@H]1CCC[C@H](c3ccccc3)N1C2. The molecule has 5 nitrogen and oxygen atoms in total. The van der Waals surface area contributed by atoms with Gasteiger partial charge in [-0.05, 0) is 55.2 Å². The van der Waals surface area contributed by atoms with Crippen LogP contribution >= 0.6 is 0 Å². The van der Waals surface area contributed by atoms with E-state index in [0.29, 0.717) is 37.0 Å². The van der Waals surface area contributed by atoms with Gasteiger partial charge >= 0.3 is 0 Å². The maximum atomic E-state index is 13.1. The Morgan fingerprint density at radius 3 is 2.41 bits per heavy atom. The first kappa shape index (κ1) is 18.5. The second-order valence-corrected chi connectivity index (χ2v) is 8.86. The molecular weight excluding hydrogens is 364 g/mol. The Bertz CT molecular complexity index is 880. The molecule has 0 aromatic heterocycles. The zero-order valence-electron chi connectivity index (χ0n) is 16.6. The number of phenolic OH excluding ortho intramolecular Hbond substituents is 2. The normalized spacial score (nSPS) is 29.3. The number of amides is 1. The van der Waals surface area contributed by atoms with Crippen molar-refractivity contribution in [2.24, 2.45) is 11.8 Å². The molecule has 0 radical (unpaired) electrons. The van der Waals surface area contributed by atoms with E-state index in [-0.39, 0.29) is 23.0 Å². The highest BCUT2D eigenvalue weighted by molar-refractivity contribution is 5.99. The molecule has 0 saturated carbocycles. The van der Waals surface area contributed by atoms with Gasteiger partial charge in [0.1, 0.15) is 17.1 Å². The number of carbonyl (C=O) groups excluding carboxylic acids is 1. The van der Waals surface area contributed by atoms with Crippen LogP contribution in [0.25, 0.3) is 0 Å². The fourth-order valence-electron chi connectivity index (χ4n) is 5.91. The number of rotatable bonds is 2. The molecule has 3 aliphatic heterocycles. The summed E-state index contributed by atoms with van der Waals surface area (Å²) < 4.78 is 0. The molecule has 3 heterocycles. The Morgan fingerprint density at radius 2 is 1.66 bits per heavy atom. The van der Waals surface area contributed by atoms with Crippen molar-refractivity contribution >= 4 is 5.91 Å².